The van der Waals surface area contributed by atoms with Gasteiger partial charge in [-0.2, -0.15) is 0 Å². The van der Waals surface area contributed by atoms with Gasteiger partial charge < -0.3 is 4.90 Å². The Hall–Kier alpha value is -0.0400. The number of rotatable bonds is 2. The SMILES string of the molecule is CCCN1CC[C@@H](C)C[C@@H](C)C1. The Balaban J connectivity index is 2.35. The highest BCUT2D eigenvalue weighted by molar-refractivity contribution is 4.71. The standard InChI is InChI=1S/C11H23N/c1-4-6-12-7-5-10(2)8-11(3)9-12/h10-11H,4-9H2,1-3H3/t10-,11-/m1/s1. The van der Waals surface area contributed by atoms with E-state index >= 15 is 0 Å². The zero-order chi connectivity index (χ0) is 8.97. The van der Waals surface area contributed by atoms with Crippen molar-refractivity contribution in [1.82, 2.24) is 4.90 Å². The Morgan fingerprint density at radius 1 is 1.25 bits per heavy atom. The molecule has 1 fully saturated rings. The number of hydrogen-bond donors (Lipinski definition) is 0. The summed E-state index contributed by atoms with van der Waals surface area (Å²) in [5, 5.41) is 0. The third-order valence-electron chi connectivity index (χ3n) is 2.85. The van der Waals surface area contributed by atoms with Crippen LogP contribution in [0.4, 0.5) is 0 Å². The summed E-state index contributed by atoms with van der Waals surface area (Å²) in [6.07, 6.45) is 4.14. The molecule has 0 amide bonds. The van der Waals surface area contributed by atoms with Crippen LogP contribution in [0.3, 0.4) is 0 Å². The molecule has 12 heavy (non-hydrogen) atoms. The molecule has 0 spiro atoms. The lowest BCUT2D eigenvalue weighted by Gasteiger charge is -2.21. The van der Waals surface area contributed by atoms with Crippen LogP contribution in [-0.2, 0) is 0 Å². The predicted octanol–water partition coefficient (Wildman–Crippen LogP) is 2.76. The van der Waals surface area contributed by atoms with Crippen molar-refractivity contribution in [2.24, 2.45) is 11.8 Å². The van der Waals surface area contributed by atoms with Gasteiger partial charge in [-0.3, -0.25) is 0 Å². The fraction of sp³-hybridized carbons (Fsp3) is 1.00. The van der Waals surface area contributed by atoms with Crippen molar-refractivity contribution in [3.8, 4) is 0 Å². The zero-order valence-electron chi connectivity index (χ0n) is 8.84. The first-order valence-corrected chi connectivity index (χ1v) is 5.44. The molecule has 0 aliphatic carbocycles. The Morgan fingerprint density at radius 3 is 2.67 bits per heavy atom. The maximum atomic E-state index is 2.63. The van der Waals surface area contributed by atoms with E-state index in [1.54, 1.807) is 0 Å². The van der Waals surface area contributed by atoms with Gasteiger partial charge >= 0.3 is 0 Å². The molecule has 1 heteroatoms. The summed E-state index contributed by atoms with van der Waals surface area (Å²) >= 11 is 0. The lowest BCUT2D eigenvalue weighted by atomic mass is 9.97. The van der Waals surface area contributed by atoms with E-state index in [0.717, 1.165) is 11.8 Å². The first-order valence-electron chi connectivity index (χ1n) is 5.44. The molecule has 0 saturated carbocycles. The first-order chi connectivity index (χ1) is 5.72. The Labute approximate surface area is 77.1 Å². The van der Waals surface area contributed by atoms with Gasteiger partial charge in [0.15, 0.2) is 0 Å². The average molecular weight is 169 g/mol. The molecule has 1 saturated heterocycles. The fourth-order valence-electron chi connectivity index (χ4n) is 2.33. The van der Waals surface area contributed by atoms with Crippen LogP contribution < -0.4 is 0 Å². The molecule has 1 aliphatic heterocycles. The Morgan fingerprint density at radius 2 is 2.00 bits per heavy atom. The molecule has 72 valence electrons. The third-order valence-corrected chi connectivity index (χ3v) is 2.85. The minimum absolute atomic E-state index is 0.911. The third kappa shape index (κ3) is 3.14. The molecule has 1 heterocycles. The molecule has 1 rings (SSSR count). The summed E-state index contributed by atoms with van der Waals surface area (Å²) in [6, 6.07) is 0. The molecular formula is C11H23N. The van der Waals surface area contributed by atoms with E-state index in [1.165, 1.54) is 38.9 Å². The van der Waals surface area contributed by atoms with Crippen LogP contribution in [-0.4, -0.2) is 24.5 Å². The summed E-state index contributed by atoms with van der Waals surface area (Å²) in [6.45, 7) is 11.0. The number of hydrogen-bond acceptors (Lipinski definition) is 1. The second-order valence-corrected chi connectivity index (χ2v) is 4.54. The smallest absolute Gasteiger partial charge is 0.000712 e. The molecule has 0 aromatic rings. The van der Waals surface area contributed by atoms with Crippen molar-refractivity contribution in [3.05, 3.63) is 0 Å². The van der Waals surface area contributed by atoms with Crippen LogP contribution in [0.5, 0.6) is 0 Å². The largest absolute Gasteiger partial charge is 0.303 e. The maximum absolute atomic E-state index is 2.63. The van der Waals surface area contributed by atoms with Gasteiger partial charge in [0.2, 0.25) is 0 Å². The minimum atomic E-state index is 0.911. The summed E-state index contributed by atoms with van der Waals surface area (Å²) in [7, 11) is 0. The molecule has 1 aliphatic rings. The van der Waals surface area contributed by atoms with Crippen LogP contribution in [0, 0.1) is 11.8 Å². The Bertz CT molecular complexity index is 122. The van der Waals surface area contributed by atoms with Crippen molar-refractivity contribution in [3.63, 3.8) is 0 Å². The van der Waals surface area contributed by atoms with E-state index in [9.17, 15) is 0 Å². The van der Waals surface area contributed by atoms with E-state index < -0.39 is 0 Å². The summed E-state index contributed by atoms with van der Waals surface area (Å²) < 4.78 is 0. The lowest BCUT2D eigenvalue weighted by Crippen LogP contribution is -2.28. The van der Waals surface area contributed by atoms with E-state index in [2.05, 4.69) is 25.7 Å². The minimum Gasteiger partial charge on any atom is -0.303 e. The zero-order valence-corrected chi connectivity index (χ0v) is 8.84. The van der Waals surface area contributed by atoms with Crippen molar-refractivity contribution in [1.29, 1.82) is 0 Å². The average Bonchev–Trinajstić information content (AvgIpc) is 2.13. The van der Waals surface area contributed by atoms with Gasteiger partial charge in [0.25, 0.3) is 0 Å². The van der Waals surface area contributed by atoms with Crippen molar-refractivity contribution in [2.75, 3.05) is 19.6 Å². The molecule has 0 aromatic carbocycles. The highest BCUT2D eigenvalue weighted by atomic mass is 15.1. The highest BCUT2D eigenvalue weighted by Gasteiger charge is 2.17. The van der Waals surface area contributed by atoms with Gasteiger partial charge in [-0.15, -0.1) is 0 Å². The number of nitrogens with zero attached hydrogens (tertiary/aromatic N) is 1. The topological polar surface area (TPSA) is 3.24 Å². The number of likely N-dealkylation sites (tertiary alicyclic amines) is 1. The second kappa shape index (κ2) is 4.86. The van der Waals surface area contributed by atoms with Crippen LogP contribution in [0.15, 0.2) is 0 Å². The van der Waals surface area contributed by atoms with E-state index in [1.807, 2.05) is 0 Å². The molecule has 0 unspecified atom stereocenters. The van der Waals surface area contributed by atoms with Crippen molar-refractivity contribution < 1.29 is 0 Å². The Kier molecular flexibility index (Phi) is 4.07. The van der Waals surface area contributed by atoms with Crippen molar-refractivity contribution in [2.45, 2.75) is 40.0 Å². The quantitative estimate of drug-likeness (QED) is 0.614. The van der Waals surface area contributed by atoms with Crippen LogP contribution >= 0.6 is 0 Å². The van der Waals surface area contributed by atoms with Crippen LogP contribution in [0.1, 0.15) is 40.0 Å². The lowest BCUT2D eigenvalue weighted by molar-refractivity contribution is 0.257. The van der Waals surface area contributed by atoms with Gasteiger partial charge in [0.05, 0.1) is 0 Å². The van der Waals surface area contributed by atoms with E-state index in [0.29, 0.717) is 0 Å². The van der Waals surface area contributed by atoms with Gasteiger partial charge in [0, 0.05) is 6.54 Å². The normalized spacial score (nSPS) is 33.2. The summed E-state index contributed by atoms with van der Waals surface area (Å²) in [5.41, 5.74) is 0. The van der Waals surface area contributed by atoms with Gasteiger partial charge in [0.1, 0.15) is 0 Å². The maximum Gasteiger partial charge on any atom is 0.000712 e. The molecule has 0 N–H and O–H groups in total. The molecule has 0 bridgehead atoms. The van der Waals surface area contributed by atoms with Gasteiger partial charge in [-0.25, -0.2) is 0 Å². The van der Waals surface area contributed by atoms with Crippen LogP contribution in [0.2, 0.25) is 0 Å². The monoisotopic (exact) mass is 169 g/mol. The molecule has 0 aromatic heterocycles. The van der Waals surface area contributed by atoms with Crippen LogP contribution in [0.25, 0.3) is 0 Å². The summed E-state index contributed by atoms with van der Waals surface area (Å²) in [5.74, 6) is 1.86. The van der Waals surface area contributed by atoms with Crippen molar-refractivity contribution >= 4 is 0 Å². The summed E-state index contributed by atoms with van der Waals surface area (Å²) in [4.78, 5) is 2.63. The molecule has 1 nitrogen and oxygen atoms in total. The van der Waals surface area contributed by atoms with Gasteiger partial charge in [-0.1, -0.05) is 20.8 Å². The first kappa shape index (κ1) is 10.0. The molecule has 0 radical (unpaired) electrons. The fourth-order valence-corrected chi connectivity index (χ4v) is 2.33. The van der Waals surface area contributed by atoms with Gasteiger partial charge in [-0.05, 0) is 44.2 Å². The van der Waals surface area contributed by atoms with E-state index in [4.69, 9.17) is 0 Å². The highest BCUT2D eigenvalue weighted by Crippen LogP contribution is 2.20. The predicted molar refractivity (Wildman–Crippen MR) is 54.3 cm³/mol. The molecular weight excluding hydrogens is 146 g/mol. The molecule has 2 atom stereocenters. The second-order valence-electron chi connectivity index (χ2n) is 4.54. The van der Waals surface area contributed by atoms with E-state index in [-0.39, 0.29) is 0 Å².